The monoisotopic (exact) mass is 334 g/mol. The van der Waals surface area contributed by atoms with Crippen molar-refractivity contribution in [1.29, 1.82) is 0 Å². The molecule has 0 aliphatic heterocycles. The van der Waals surface area contributed by atoms with Crippen molar-refractivity contribution in [2.75, 3.05) is 0 Å². The van der Waals surface area contributed by atoms with E-state index in [4.69, 9.17) is 4.74 Å². The third kappa shape index (κ3) is 19.9. The van der Waals surface area contributed by atoms with Crippen molar-refractivity contribution in [2.24, 2.45) is 0 Å². The van der Waals surface area contributed by atoms with E-state index in [0.717, 1.165) is 6.29 Å². The maximum atomic E-state index is 10.5. The molecule has 24 heavy (non-hydrogen) atoms. The molecule has 0 spiro atoms. The zero-order valence-corrected chi connectivity index (χ0v) is 17.1. The topological polar surface area (TPSA) is 26.3 Å². The second kappa shape index (κ2) is 29.0. The number of carbonyl (C=O) groups is 1. The SMILES string of the molecule is C=C/C=C(\C=C)Oc1cccc(C=O)c1.CC.CC.CC.CCC. The molecule has 0 fully saturated rings. The van der Waals surface area contributed by atoms with Crippen LogP contribution in [0.2, 0.25) is 0 Å². The summed E-state index contributed by atoms with van der Waals surface area (Å²) in [7, 11) is 0. The van der Waals surface area contributed by atoms with Crippen LogP contribution in [0.25, 0.3) is 0 Å². The second-order valence-corrected chi connectivity index (χ2v) is 3.51. The van der Waals surface area contributed by atoms with Crippen LogP contribution in [0.3, 0.4) is 0 Å². The summed E-state index contributed by atoms with van der Waals surface area (Å²) >= 11 is 0. The number of hydrogen-bond donors (Lipinski definition) is 0. The Morgan fingerprint density at radius 2 is 1.54 bits per heavy atom. The van der Waals surface area contributed by atoms with Crippen LogP contribution in [-0.2, 0) is 0 Å². The Morgan fingerprint density at radius 3 is 1.92 bits per heavy atom. The molecule has 0 bridgehead atoms. The summed E-state index contributed by atoms with van der Waals surface area (Å²) in [4.78, 5) is 10.5. The molecule has 0 saturated heterocycles. The highest BCUT2D eigenvalue weighted by Gasteiger charge is 1.97. The molecule has 0 aliphatic rings. The van der Waals surface area contributed by atoms with Crippen molar-refractivity contribution in [3.05, 3.63) is 67.0 Å². The molecule has 0 atom stereocenters. The lowest BCUT2D eigenvalue weighted by atomic mass is 10.2. The molecule has 0 heterocycles. The molecule has 0 aromatic heterocycles. The first-order valence-electron chi connectivity index (χ1n) is 8.90. The average Bonchev–Trinajstić information content (AvgIpc) is 2.67. The Morgan fingerprint density at radius 1 is 1.04 bits per heavy atom. The van der Waals surface area contributed by atoms with Gasteiger partial charge in [-0.15, -0.1) is 0 Å². The molecular weight excluding hydrogens is 296 g/mol. The van der Waals surface area contributed by atoms with Gasteiger partial charge in [-0.05, 0) is 24.3 Å². The minimum Gasteiger partial charge on any atom is -0.457 e. The fourth-order valence-electron chi connectivity index (χ4n) is 1.05. The van der Waals surface area contributed by atoms with E-state index in [0.29, 0.717) is 17.1 Å². The van der Waals surface area contributed by atoms with Crippen LogP contribution in [0.4, 0.5) is 0 Å². The van der Waals surface area contributed by atoms with Crippen molar-refractivity contribution < 1.29 is 9.53 Å². The quantitative estimate of drug-likeness (QED) is 0.314. The van der Waals surface area contributed by atoms with Crippen LogP contribution >= 0.6 is 0 Å². The van der Waals surface area contributed by atoms with Crippen LogP contribution in [0.1, 0.15) is 72.2 Å². The minimum atomic E-state index is 0.578. The molecule has 1 aromatic rings. The molecule has 2 nitrogen and oxygen atoms in total. The van der Waals surface area contributed by atoms with Crippen LogP contribution in [0.15, 0.2) is 61.4 Å². The van der Waals surface area contributed by atoms with E-state index in [2.05, 4.69) is 27.0 Å². The van der Waals surface area contributed by atoms with Crippen molar-refractivity contribution in [3.8, 4) is 5.75 Å². The van der Waals surface area contributed by atoms with Gasteiger partial charge in [-0.2, -0.15) is 0 Å². The summed E-state index contributed by atoms with van der Waals surface area (Å²) in [6.07, 6.45) is 6.91. The van der Waals surface area contributed by atoms with Crippen molar-refractivity contribution in [3.63, 3.8) is 0 Å². The van der Waals surface area contributed by atoms with Crippen molar-refractivity contribution in [1.82, 2.24) is 0 Å². The molecule has 0 unspecified atom stereocenters. The van der Waals surface area contributed by atoms with Gasteiger partial charge in [0, 0.05) is 5.56 Å². The third-order valence-corrected chi connectivity index (χ3v) is 1.71. The van der Waals surface area contributed by atoms with E-state index >= 15 is 0 Å². The van der Waals surface area contributed by atoms with Gasteiger partial charge in [0.2, 0.25) is 0 Å². The highest BCUT2D eigenvalue weighted by molar-refractivity contribution is 5.75. The van der Waals surface area contributed by atoms with Crippen LogP contribution in [-0.4, -0.2) is 6.29 Å². The van der Waals surface area contributed by atoms with Gasteiger partial charge >= 0.3 is 0 Å². The van der Waals surface area contributed by atoms with Crippen LogP contribution < -0.4 is 4.74 Å². The largest absolute Gasteiger partial charge is 0.457 e. The molecule has 0 N–H and O–H groups in total. The first kappa shape index (κ1) is 29.9. The normalized spacial score (nSPS) is 8.08. The average molecular weight is 335 g/mol. The zero-order valence-electron chi connectivity index (χ0n) is 17.1. The molecule has 2 heteroatoms. The first-order valence-corrected chi connectivity index (χ1v) is 8.90. The van der Waals surface area contributed by atoms with E-state index in [1.54, 1.807) is 42.5 Å². The second-order valence-electron chi connectivity index (χ2n) is 3.51. The van der Waals surface area contributed by atoms with E-state index < -0.39 is 0 Å². The molecular formula is C22H38O2. The zero-order chi connectivity index (χ0) is 19.8. The lowest BCUT2D eigenvalue weighted by molar-refractivity contribution is 0.112. The third-order valence-electron chi connectivity index (χ3n) is 1.71. The van der Waals surface area contributed by atoms with Crippen molar-refractivity contribution in [2.45, 2.75) is 61.8 Å². The molecule has 138 valence electrons. The predicted molar refractivity (Wildman–Crippen MR) is 111 cm³/mol. The van der Waals surface area contributed by atoms with E-state index in [9.17, 15) is 4.79 Å². The Kier molecular flexibility index (Phi) is 36.1. The molecule has 1 aromatic carbocycles. The van der Waals surface area contributed by atoms with Crippen LogP contribution in [0.5, 0.6) is 5.75 Å². The van der Waals surface area contributed by atoms with Gasteiger partial charge in [0.15, 0.2) is 0 Å². The lowest BCUT2D eigenvalue weighted by Gasteiger charge is -2.05. The molecule has 0 amide bonds. The predicted octanol–water partition coefficient (Wildman–Crippen LogP) is 7.63. The smallest absolute Gasteiger partial charge is 0.150 e. The summed E-state index contributed by atoms with van der Waals surface area (Å²) in [6, 6.07) is 6.90. The Labute approximate surface area is 151 Å². The molecule has 0 aliphatic carbocycles. The van der Waals surface area contributed by atoms with Gasteiger partial charge in [-0.3, -0.25) is 4.79 Å². The Bertz CT molecular complexity index is 418. The maximum absolute atomic E-state index is 10.5. The summed E-state index contributed by atoms with van der Waals surface area (Å²) in [5.41, 5.74) is 0.578. The highest BCUT2D eigenvalue weighted by Crippen LogP contribution is 2.15. The fourth-order valence-corrected chi connectivity index (χ4v) is 1.05. The number of benzene rings is 1. The summed E-state index contributed by atoms with van der Waals surface area (Å²) < 4.78 is 5.46. The van der Waals surface area contributed by atoms with E-state index in [1.165, 1.54) is 6.42 Å². The number of allylic oxidation sites excluding steroid dienone is 3. The molecule has 0 saturated carbocycles. The van der Waals surface area contributed by atoms with Gasteiger partial charge in [-0.25, -0.2) is 0 Å². The Hall–Kier alpha value is -2.09. The van der Waals surface area contributed by atoms with E-state index in [-0.39, 0.29) is 0 Å². The highest BCUT2D eigenvalue weighted by atomic mass is 16.5. The summed E-state index contributed by atoms with van der Waals surface area (Å²) in [5, 5.41) is 0. The first-order chi connectivity index (χ1) is 11.7. The maximum Gasteiger partial charge on any atom is 0.150 e. The Balaban J connectivity index is -0.000000190. The van der Waals surface area contributed by atoms with Gasteiger partial charge in [-0.1, -0.05) is 93.2 Å². The van der Waals surface area contributed by atoms with Crippen LogP contribution in [0, 0.1) is 0 Å². The lowest BCUT2D eigenvalue weighted by Crippen LogP contribution is -1.92. The van der Waals surface area contributed by atoms with E-state index in [1.807, 2.05) is 41.5 Å². The standard InChI is InChI=1S/C13H12O2.C3H8.3C2H6/c1-3-6-12(4-2)15-13-8-5-7-11(9-13)10-14;1-3-2;3*1-2/h3-10H,1-2H2;3H2,1-2H3;3*1-2H3/b12-6+;;;;. The number of hydrogen-bond acceptors (Lipinski definition) is 2. The van der Waals surface area contributed by atoms with Gasteiger partial charge in [0.25, 0.3) is 0 Å². The number of aldehydes is 1. The van der Waals surface area contributed by atoms with Gasteiger partial charge < -0.3 is 4.74 Å². The van der Waals surface area contributed by atoms with Gasteiger partial charge in [0.05, 0.1) is 0 Å². The van der Waals surface area contributed by atoms with Gasteiger partial charge in [0.1, 0.15) is 17.8 Å². The fraction of sp³-hybridized carbons (Fsp3) is 0.409. The van der Waals surface area contributed by atoms with Crippen molar-refractivity contribution >= 4 is 6.29 Å². The molecule has 0 radical (unpaired) electrons. The number of rotatable bonds is 5. The summed E-state index contributed by atoms with van der Waals surface area (Å²) in [6.45, 7) is 23.4. The summed E-state index contributed by atoms with van der Waals surface area (Å²) in [5.74, 6) is 1.20. The number of ether oxygens (including phenoxy) is 1. The minimum absolute atomic E-state index is 0.578. The molecule has 1 rings (SSSR count). The number of carbonyl (C=O) groups excluding carboxylic acids is 1.